The number of aromatic nitrogens is 4. The zero-order valence-corrected chi connectivity index (χ0v) is 20.1. The number of rotatable bonds is 7. The summed E-state index contributed by atoms with van der Waals surface area (Å²) in [6.07, 6.45) is 2.47. The molecule has 28 heavy (non-hydrogen) atoms. The number of aliphatic imine (C=N–C) groups is 1. The maximum Gasteiger partial charge on any atom is 0.192 e. The van der Waals surface area contributed by atoms with Gasteiger partial charge in [-0.2, -0.15) is 0 Å². The van der Waals surface area contributed by atoms with Crippen LogP contribution in [0.5, 0.6) is 0 Å². The number of nitrogens with one attached hydrogen (secondary N) is 2. The van der Waals surface area contributed by atoms with E-state index in [9.17, 15) is 0 Å². The fourth-order valence-electron chi connectivity index (χ4n) is 2.76. The van der Waals surface area contributed by atoms with Crippen molar-refractivity contribution in [3.63, 3.8) is 0 Å². The summed E-state index contributed by atoms with van der Waals surface area (Å²) in [5.74, 6) is 2.90. The summed E-state index contributed by atoms with van der Waals surface area (Å²) in [4.78, 5) is 9.36. The van der Waals surface area contributed by atoms with Crippen molar-refractivity contribution in [3.8, 4) is 0 Å². The molecular formula is C18H30IN7OS. The van der Waals surface area contributed by atoms with Crippen molar-refractivity contribution >= 4 is 41.3 Å². The average molecular weight is 519 g/mol. The minimum Gasteiger partial charge on any atom is -0.376 e. The number of nitrogens with zero attached hydrogens (tertiary/aromatic N) is 5. The number of hydrogen-bond acceptors (Lipinski definition) is 6. The summed E-state index contributed by atoms with van der Waals surface area (Å²) in [5.41, 5.74) is 1.14. The topological polar surface area (TPSA) is 89.2 Å². The first-order valence-corrected chi connectivity index (χ1v) is 10.3. The van der Waals surface area contributed by atoms with E-state index >= 15 is 0 Å². The minimum atomic E-state index is 0. The van der Waals surface area contributed by atoms with Gasteiger partial charge < -0.3 is 19.9 Å². The quantitative estimate of drug-likeness (QED) is 0.332. The summed E-state index contributed by atoms with van der Waals surface area (Å²) in [7, 11) is 1.95. The predicted octanol–water partition coefficient (Wildman–Crippen LogP) is 2.74. The van der Waals surface area contributed by atoms with Crippen LogP contribution >= 0.6 is 35.3 Å². The molecular weight excluding hydrogens is 489 g/mol. The van der Waals surface area contributed by atoms with Crippen molar-refractivity contribution < 1.29 is 4.74 Å². The highest BCUT2D eigenvalue weighted by Crippen LogP contribution is 2.17. The molecule has 1 aliphatic heterocycles. The SMILES string of the molecule is Cc1nnc(CN=C(NCc2nc(C(C)C)cs2)NCC2CCCO2)n1C.I. The van der Waals surface area contributed by atoms with Crippen LogP contribution in [-0.4, -0.2) is 45.0 Å². The lowest BCUT2D eigenvalue weighted by molar-refractivity contribution is 0.114. The second-order valence-corrected chi connectivity index (χ2v) is 8.02. The Labute approximate surface area is 187 Å². The smallest absolute Gasteiger partial charge is 0.192 e. The molecule has 10 heteroatoms. The summed E-state index contributed by atoms with van der Waals surface area (Å²) >= 11 is 1.68. The van der Waals surface area contributed by atoms with E-state index in [4.69, 9.17) is 4.74 Å². The van der Waals surface area contributed by atoms with Gasteiger partial charge in [-0.25, -0.2) is 9.98 Å². The normalized spacial score (nSPS) is 17.0. The second-order valence-electron chi connectivity index (χ2n) is 7.08. The van der Waals surface area contributed by atoms with Gasteiger partial charge >= 0.3 is 0 Å². The van der Waals surface area contributed by atoms with Crippen molar-refractivity contribution in [2.45, 2.75) is 58.7 Å². The average Bonchev–Trinajstić information content (AvgIpc) is 3.38. The number of aryl methyl sites for hydroxylation is 1. The third-order valence-electron chi connectivity index (χ3n) is 4.65. The molecule has 1 aliphatic rings. The Bertz CT molecular complexity index is 768. The highest BCUT2D eigenvalue weighted by atomic mass is 127. The van der Waals surface area contributed by atoms with Crippen LogP contribution in [0.4, 0.5) is 0 Å². The molecule has 1 saturated heterocycles. The molecule has 3 rings (SSSR count). The van der Waals surface area contributed by atoms with Crippen molar-refractivity contribution in [1.82, 2.24) is 30.4 Å². The van der Waals surface area contributed by atoms with Gasteiger partial charge in [0.2, 0.25) is 0 Å². The second kappa shape index (κ2) is 11.1. The van der Waals surface area contributed by atoms with Gasteiger partial charge in [-0.15, -0.1) is 45.5 Å². The molecule has 1 atom stereocenters. The predicted molar refractivity (Wildman–Crippen MR) is 122 cm³/mol. The maximum atomic E-state index is 5.70. The number of ether oxygens (including phenoxy) is 1. The molecule has 0 aliphatic carbocycles. The highest BCUT2D eigenvalue weighted by molar-refractivity contribution is 14.0. The van der Waals surface area contributed by atoms with Crippen molar-refractivity contribution in [3.05, 3.63) is 27.7 Å². The molecule has 0 bridgehead atoms. The third kappa shape index (κ3) is 6.38. The molecule has 0 amide bonds. The van der Waals surface area contributed by atoms with Gasteiger partial charge in [0.25, 0.3) is 0 Å². The third-order valence-corrected chi connectivity index (χ3v) is 5.52. The monoisotopic (exact) mass is 519 g/mol. The van der Waals surface area contributed by atoms with Crippen molar-refractivity contribution in [2.24, 2.45) is 12.0 Å². The summed E-state index contributed by atoms with van der Waals surface area (Å²) < 4.78 is 7.65. The summed E-state index contributed by atoms with van der Waals surface area (Å²) in [6, 6.07) is 0. The largest absolute Gasteiger partial charge is 0.376 e. The van der Waals surface area contributed by atoms with E-state index in [0.29, 0.717) is 19.0 Å². The zero-order valence-electron chi connectivity index (χ0n) is 16.9. The molecule has 1 unspecified atom stereocenters. The van der Waals surface area contributed by atoms with Gasteiger partial charge in [0.1, 0.15) is 17.4 Å². The Balaban J connectivity index is 0.00000280. The molecule has 2 N–H and O–H groups in total. The standard InChI is InChI=1S/C18H29N7OS.HI/c1-12(2)15-11-27-17(22-15)10-21-18(19-8-14-6-5-7-26-14)20-9-16-24-23-13(3)25(16)4;/h11-12,14H,5-10H2,1-4H3,(H2,19,20,21);1H. The van der Waals surface area contributed by atoms with Crippen molar-refractivity contribution in [2.75, 3.05) is 13.2 Å². The molecule has 0 radical (unpaired) electrons. The Kier molecular flexibility index (Phi) is 9.09. The molecule has 0 aromatic carbocycles. The van der Waals surface area contributed by atoms with Gasteiger partial charge in [-0.05, 0) is 25.7 Å². The van der Waals surface area contributed by atoms with E-state index in [-0.39, 0.29) is 30.1 Å². The van der Waals surface area contributed by atoms with E-state index in [1.54, 1.807) is 11.3 Å². The van der Waals surface area contributed by atoms with Crippen molar-refractivity contribution in [1.29, 1.82) is 0 Å². The molecule has 156 valence electrons. The minimum absolute atomic E-state index is 0. The van der Waals surface area contributed by atoms with Crippen LogP contribution in [-0.2, 0) is 24.9 Å². The van der Waals surface area contributed by atoms with Crippen LogP contribution in [0.25, 0.3) is 0 Å². The molecule has 8 nitrogen and oxygen atoms in total. The van der Waals surface area contributed by atoms with Gasteiger partial charge in [0, 0.05) is 25.6 Å². The van der Waals surface area contributed by atoms with Gasteiger partial charge in [0.15, 0.2) is 11.8 Å². The number of halogens is 1. The van der Waals surface area contributed by atoms with Gasteiger partial charge in [-0.3, -0.25) is 0 Å². The lowest BCUT2D eigenvalue weighted by Gasteiger charge is -2.15. The number of guanidine groups is 1. The molecule has 2 aromatic heterocycles. The fourth-order valence-corrected chi connectivity index (χ4v) is 3.65. The molecule has 3 heterocycles. The van der Waals surface area contributed by atoms with E-state index in [1.807, 2.05) is 18.5 Å². The lowest BCUT2D eigenvalue weighted by atomic mass is 10.2. The van der Waals surface area contributed by atoms with Crippen LogP contribution < -0.4 is 10.6 Å². The van der Waals surface area contributed by atoms with E-state index in [0.717, 1.165) is 54.3 Å². The molecule has 1 fully saturated rings. The van der Waals surface area contributed by atoms with Gasteiger partial charge in [0.05, 0.1) is 18.3 Å². The molecule has 0 saturated carbocycles. The van der Waals surface area contributed by atoms with Crippen LogP contribution in [0.2, 0.25) is 0 Å². The number of thiazole rings is 1. The molecule has 0 spiro atoms. The number of hydrogen-bond donors (Lipinski definition) is 2. The van der Waals surface area contributed by atoms with Crippen LogP contribution in [0.1, 0.15) is 55.0 Å². The van der Waals surface area contributed by atoms with E-state index in [1.165, 1.54) is 0 Å². The summed E-state index contributed by atoms with van der Waals surface area (Å²) in [5, 5.41) is 18.2. The Hall–Kier alpha value is -1.27. The Morgan fingerprint density at radius 2 is 2.21 bits per heavy atom. The summed E-state index contributed by atoms with van der Waals surface area (Å²) in [6.45, 7) is 8.96. The van der Waals surface area contributed by atoms with E-state index in [2.05, 4.69) is 50.0 Å². The van der Waals surface area contributed by atoms with Crippen LogP contribution in [0.3, 0.4) is 0 Å². The Morgan fingerprint density at radius 3 is 2.82 bits per heavy atom. The molecule has 2 aromatic rings. The first-order valence-electron chi connectivity index (χ1n) is 9.46. The lowest BCUT2D eigenvalue weighted by Crippen LogP contribution is -2.40. The fraction of sp³-hybridized carbons (Fsp3) is 0.667. The van der Waals surface area contributed by atoms with Gasteiger partial charge in [-0.1, -0.05) is 13.8 Å². The maximum absolute atomic E-state index is 5.70. The first-order chi connectivity index (χ1) is 13.0. The zero-order chi connectivity index (χ0) is 19.2. The van der Waals surface area contributed by atoms with Crippen LogP contribution in [0, 0.1) is 6.92 Å². The Morgan fingerprint density at radius 1 is 1.39 bits per heavy atom. The first kappa shape index (κ1) is 23.0. The highest BCUT2D eigenvalue weighted by Gasteiger charge is 2.16. The van der Waals surface area contributed by atoms with E-state index < -0.39 is 0 Å². The van der Waals surface area contributed by atoms with Crippen LogP contribution in [0.15, 0.2) is 10.4 Å².